The molecule has 5 heteroatoms. The quantitative estimate of drug-likeness (QED) is 0.582. The van der Waals surface area contributed by atoms with E-state index in [0.29, 0.717) is 11.6 Å². The molecule has 1 heterocycles. The molecule has 15 heavy (non-hydrogen) atoms. The van der Waals surface area contributed by atoms with Gasteiger partial charge >= 0.3 is 0 Å². The second-order valence-corrected chi connectivity index (χ2v) is 3.96. The van der Waals surface area contributed by atoms with Crippen molar-refractivity contribution < 1.29 is 19.3 Å². The Morgan fingerprint density at radius 3 is 2.33 bits per heavy atom. The monoisotopic (exact) mass is 273 g/mol. The first-order chi connectivity index (χ1) is 7.04. The molecule has 0 aliphatic heterocycles. The first kappa shape index (κ1) is 13.8. The van der Waals surface area contributed by atoms with Gasteiger partial charge in [0.05, 0.1) is 10.0 Å². The average Bonchev–Trinajstić information content (AvgIpc) is 2.18. The van der Waals surface area contributed by atoms with E-state index in [1.165, 1.54) is 0 Å². The van der Waals surface area contributed by atoms with E-state index in [2.05, 4.69) is 29.8 Å². The van der Waals surface area contributed by atoms with E-state index in [0.717, 1.165) is 10.8 Å². The first-order valence-corrected chi connectivity index (χ1v) is 5.06. The Morgan fingerprint density at radius 2 is 1.93 bits per heavy atom. The standard InChI is InChI=1S/C9H11BrNO.CH2O2/c1-7(2)11-4-8(6-12)3-9(10)5-11;2-1-3/h3-7H,1-2H3;1H,(H,2,3)/q+1;/p-1. The van der Waals surface area contributed by atoms with E-state index in [-0.39, 0.29) is 0 Å². The van der Waals surface area contributed by atoms with E-state index < -0.39 is 6.47 Å². The van der Waals surface area contributed by atoms with Crippen LogP contribution in [0, 0.1) is 0 Å². The van der Waals surface area contributed by atoms with Crippen LogP contribution in [0.1, 0.15) is 30.2 Å². The van der Waals surface area contributed by atoms with Gasteiger partial charge < -0.3 is 9.90 Å². The third-order valence-corrected chi connectivity index (χ3v) is 2.04. The molecule has 1 rings (SSSR count). The number of rotatable bonds is 2. The number of aldehydes is 1. The van der Waals surface area contributed by atoms with Crippen LogP contribution >= 0.6 is 15.9 Å². The summed E-state index contributed by atoms with van der Waals surface area (Å²) >= 11 is 3.34. The fourth-order valence-electron chi connectivity index (χ4n) is 0.948. The number of hydrogen-bond acceptors (Lipinski definition) is 3. The summed E-state index contributed by atoms with van der Waals surface area (Å²) in [7, 11) is 0. The predicted molar refractivity (Wildman–Crippen MR) is 56.2 cm³/mol. The molecule has 0 aliphatic rings. The topological polar surface area (TPSA) is 61.1 Å². The minimum Gasteiger partial charge on any atom is -0.554 e. The normalized spacial score (nSPS) is 9.07. The molecule has 0 N–H and O–H groups in total. The lowest BCUT2D eigenvalue weighted by Crippen LogP contribution is -2.35. The first-order valence-electron chi connectivity index (χ1n) is 4.27. The van der Waals surface area contributed by atoms with Crippen molar-refractivity contribution in [2.24, 2.45) is 0 Å². The minimum atomic E-state index is -0.500. The summed E-state index contributed by atoms with van der Waals surface area (Å²) in [5, 5.41) is 8.25. The van der Waals surface area contributed by atoms with E-state index >= 15 is 0 Å². The van der Waals surface area contributed by atoms with Crippen molar-refractivity contribution in [1.29, 1.82) is 0 Å². The zero-order chi connectivity index (χ0) is 11.8. The number of carbonyl (C=O) groups excluding carboxylic acids is 2. The van der Waals surface area contributed by atoms with Gasteiger partial charge in [-0.1, -0.05) is 0 Å². The highest BCUT2D eigenvalue weighted by Crippen LogP contribution is 2.08. The zero-order valence-electron chi connectivity index (χ0n) is 8.51. The van der Waals surface area contributed by atoms with Crippen LogP contribution in [0.25, 0.3) is 0 Å². The Hall–Kier alpha value is -1.23. The molecule has 0 unspecified atom stereocenters. The lowest BCUT2D eigenvalue weighted by atomic mass is 10.3. The van der Waals surface area contributed by atoms with E-state index in [9.17, 15) is 4.79 Å². The highest BCUT2D eigenvalue weighted by atomic mass is 79.9. The van der Waals surface area contributed by atoms with E-state index in [4.69, 9.17) is 9.90 Å². The van der Waals surface area contributed by atoms with Gasteiger partial charge in [0.2, 0.25) is 0 Å². The molecule has 1 aromatic rings. The molecule has 0 aliphatic carbocycles. The van der Waals surface area contributed by atoms with Crippen LogP contribution in [0.3, 0.4) is 0 Å². The number of carboxylic acid groups (broad SMARTS) is 1. The molecule has 0 spiro atoms. The van der Waals surface area contributed by atoms with Crippen molar-refractivity contribution >= 4 is 28.7 Å². The van der Waals surface area contributed by atoms with Crippen LogP contribution in [-0.4, -0.2) is 12.8 Å². The molecule has 1 aromatic heterocycles. The summed E-state index contributed by atoms with van der Waals surface area (Å²) in [4.78, 5) is 18.7. The highest BCUT2D eigenvalue weighted by molar-refractivity contribution is 9.10. The van der Waals surface area contributed by atoms with Crippen molar-refractivity contribution in [3.8, 4) is 0 Å². The van der Waals surface area contributed by atoms with Gasteiger partial charge in [-0.2, -0.15) is 0 Å². The fraction of sp³-hybridized carbons (Fsp3) is 0.300. The summed E-state index contributed by atoms with van der Waals surface area (Å²) in [5.41, 5.74) is 0.693. The Labute approximate surface area is 96.7 Å². The van der Waals surface area contributed by atoms with Crippen LogP contribution in [0.2, 0.25) is 0 Å². The maximum atomic E-state index is 10.5. The molecule has 0 saturated heterocycles. The molecule has 0 bridgehead atoms. The van der Waals surface area contributed by atoms with Crippen molar-refractivity contribution in [2.75, 3.05) is 0 Å². The predicted octanol–water partition coefficient (Wildman–Crippen LogP) is 0.496. The number of halogens is 1. The van der Waals surface area contributed by atoms with Crippen LogP contribution in [0.4, 0.5) is 0 Å². The summed E-state index contributed by atoms with van der Waals surface area (Å²) in [6.07, 6.45) is 4.64. The van der Waals surface area contributed by atoms with Crippen molar-refractivity contribution in [3.63, 3.8) is 0 Å². The summed E-state index contributed by atoms with van der Waals surface area (Å²) in [5.74, 6) is 0. The van der Waals surface area contributed by atoms with E-state index in [1.54, 1.807) is 6.07 Å². The number of aromatic nitrogens is 1. The molecule has 82 valence electrons. The average molecular weight is 274 g/mol. The molecular formula is C10H12BrNO3. The lowest BCUT2D eigenvalue weighted by Gasteiger charge is -2.00. The van der Waals surface area contributed by atoms with Crippen LogP contribution < -0.4 is 9.67 Å². The molecule has 0 saturated carbocycles. The lowest BCUT2D eigenvalue weighted by molar-refractivity contribution is -0.716. The molecular weight excluding hydrogens is 262 g/mol. The Bertz CT molecular complexity index is 339. The third kappa shape index (κ3) is 5.27. The zero-order valence-corrected chi connectivity index (χ0v) is 10.1. The Morgan fingerprint density at radius 1 is 1.40 bits per heavy atom. The maximum Gasteiger partial charge on any atom is 0.183 e. The number of pyridine rings is 1. The molecule has 4 nitrogen and oxygen atoms in total. The van der Waals surface area contributed by atoms with Gasteiger partial charge in [-0.05, 0) is 35.8 Å². The summed E-state index contributed by atoms with van der Waals surface area (Å²) in [6, 6.07) is 2.17. The number of nitrogens with zero attached hydrogens (tertiary/aromatic N) is 1. The third-order valence-electron chi connectivity index (χ3n) is 1.61. The van der Waals surface area contributed by atoms with Crippen molar-refractivity contribution in [3.05, 3.63) is 28.5 Å². The van der Waals surface area contributed by atoms with Crippen molar-refractivity contribution in [1.82, 2.24) is 0 Å². The second kappa shape index (κ2) is 7.11. The number of carbonyl (C=O) groups is 2. The van der Waals surface area contributed by atoms with Gasteiger partial charge in [-0.3, -0.25) is 4.79 Å². The fourth-order valence-corrected chi connectivity index (χ4v) is 1.45. The molecule has 0 amide bonds. The summed E-state index contributed by atoms with van der Waals surface area (Å²) < 4.78 is 2.93. The van der Waals surface area contributed by atoms with E-state index in [1.807, 2.05) is 17.0 Å². The van der Waals surface area contributed by atoms with Crippen LogP contribution in [0.5, 0.6) is 0 Å². The highest BCUT2D eigenvalue weighted by Gasteiger charge is 2.08. The van der Waals surface area contributed by atoms with Gasteiger partial charge in [-0.15, -0.1) is 0 Å². The second-order valence-electron chi connectivity index (χ2n) is 3.04. The Kier molecular flexibility index (Phi) is 6.53. The van der Waals surface area contributed by atoms with Gasteiger partial charge in [0.15, 0.2) is 24.7 Å². The minimum absolute atomic E-state index is 0.376. The van der Waals surface area contributed by atoms with Gasteiger partial charge in [0.25, 0.3) is 0 Å². The molecule has 0 radical (unpaired) electrons. The SMILES string of the molecule is CC(C)[n+]1cc(Br)cc(C=O)c1.O=C[O-]. The van der Waals surface area contributed by atoms with Crippen molar-refractivity contribution in [2.45, 2.75) is 19.9 Å². The van der Waals surface area contributed by atoms with Crippen LogP contribution in [0.15, 0.2) is 22.9 Å². The summed E-state index contributed by atoms with van der Waals surface area (Å²) in [6.45, 7) is 3.64. The largest absolute Gasteiger partial charge is 0.554 e. The molecule has 0 aromatic carbocycles. The Balaban J connectivity index is 0.000000583. The van der Waals surface area contributed by atoms with Crippen LogP contribution in [-0.2, 0) is 4.79 Å². The smallest absolute Gasteiger partial charge is 0.183 e. The van der Waals surface area contributed by atoms with Gasteiger partial charge in [0.1, 0.15) is 0 Å². The van der Waals surface area contributed by atoms with Gasteiger partial charge in [0, 0.05) is 6.47 Å². The molecule has 0 fully saturated rings. The molecule has 0 atom stereocenters. The maximum absolute atomic E-state index is 10.5. The van der Waals surface area contributed by atoms with Gasteiger partial charge in [-0.25, -0.2) is 4.57 Å². The number of hydrogen-bond donors (Lipinski definition) is 0.